The van der Waals surface area contributed by atoms with Gasteiger partial charge >= 0.3 is 0 Å². The summed E-state index contributed by atoms with van der Waals surface area (Å²) in [6.45, 7) is 8.40. The minimum Gasteiger partial charge on any atom is -0.352 e. The van der Waals surface area contributed by atoms with Crippen LogP contribution in [0, 0.1) is 12.4 Å². The fraction of sp³-hybridized carbons (Fsp3) is 0.125. The second-order valence-corrected chi connectivity index (χ2v) is 8.18. The van der Waals surface area contributed by atoms with Gasteiger partial charge in [0.1, 0.15) is 5.82 Å². The molecule has 0 saturated heterocycles. The first-order chi connectivity index (χ1) is 15.2. The van der Waals surface area contributed by atoms with Gasteiger partial charge in [-0.1, -0.05) is 12.1 Å². The number of fused-ring (bicyclic) bond motifs is 1. The average molecular weight is 428 g/mol. The Labute approximate surface area is 182 Å². The van der Waals surface area contributed by atoms with E-state index < -0.39 is 5.82 Å². The van der Waals surface area contributed by atoms with Crippen molar-refractivity contribution in [3.05, 3.63) is 94.3 Å². The van der Waals surface area contributed by atoms with Crippen molar-refractivity contribution in [2.45, 2.75) is 13.0 Å². The van der Waals surface area contributed by atoms with E-state index in [1.165, 1.54) is 12.1 Å². The van der Waals surface area contributed by atoms with E-state index >= 15 is 0 Å². The third kappa shape index (κ3) is 3.31. The summed E-state index contributed by atoms with van der Waals surface area (Å²) in [5, 5.41) is 4.96. The van der Waals surface area contributed by atoms with Crippen LogP contribution in [0.2, 0.25) is 0 Å². The zero-order chi connectivity index (χ0) is 21.4. The number of pyridine rings is 1. The van der Waals surface area contributed by atoms with E-state index in [4.69, 9.17) is 6.57 Å². The average Bonchev–Trinajstić information content (AvgIpc) is 3.42. The highest BCUT2D eigenvalue weighted by Gasteiger charge is 2.31. The second-order valence-electron chi connectivity index (χ2n) is 7.24. The molecule has 152 valence electrons. The van der Waals surface area contributed by atoms with Crippen LogP contribution in [0.5, 0.6) is 0 Å². The van der Waals surface area contributed by atoms with Gasteiger partial charge in [-0.25, -0.2) is 9.24 Å². The summed E-state index contributed by atoms with van der Waals surface area (Å²) in [6.07, 6.45) is 4.14. The minimum absolute atomic E-state index is 0.0942. The molecule has 0 atom stereocenters. The van der Waals surface area contributed by atoms with Crippen LogP contribution in [0.1, 0.15) is 21.6 Å². The van der Waals surface area contributed by atoms with Gasteiger partial charge in [-0.3, -0.25) is 9.78 Å². The number of benzene rings is 1. The summed E-state index contributed by atoms with van der Waals surface area (Å²) >= 11 is 1.58. The molecule has 1 N–H and O–H groups in total. The molecule has 31 heavy (non-hydrogen) atoms. The standard InChI is InChI=1S/C24H17FN4OS/c1-26-18-13-17(25)5-4-16(18)14-29-19-8-11-28-24(30)21(19)22(20-3-2-12-31-20)23(29)15-6-9-27-10-7-15/h2-7,9-10,12-13H,8,11,14H2,(H,28,30). The van der Waals surface area contributed by atoms with Gasteiger partial charge in [0.05, 0.1) is 17.8 Å². The van der Waals surface area contributed by atoms with Crippen molar-refractivity contribution in [3.8, 4) is 21.7 Å². The quantitative estimate of drug-likeness (QED) is 0.448. The van der Waals surface area contributed by atoms with Crippen LogP contribution < -0.4 is 5.32 Å². The summed E-state index contributed by atoms with van der Waals surface area (Å²) in [7, 11) is 0. The Hall–Kier alpha value is -3.76. The molecule has 1 aliphatic rings. The van der Waals surface area contributed by atoms with Crippen LogP contribution in [0.25, 0.3) is 26.5 Å². The monoisotopic (exact) mass is 428 g/mol. The Morgan fingerprint density at radius 2 is 2.03 bits per heavy atom. The van der Waals surface area contributed by atoms with E-state index in [1.54, 1.807) is 29.8 Å². The topological polar surface area (TPSA) is 51.3 Å². The lowest BCUT2D eigenvalue weighted by molar-refractivity contribution is 0.0946. The van der Waals surface area contributed by atoms with Crippen molar-refractivity contribution in [1.82, 2.24) is 14.9 Å². The van der Waals surface area contributed by atoms with E-state index in [9.17, 15) is 9.18 Å². The summed E-state index contributed by atoms with van der Waals surface area (Å²) in [5.41, 5.74) is 5.33. The lowest BCUT2D eigenvalue weighted by Gasteiger charge is -2.18. The Kier molecular flexibility index (Phi) is 4.85. The molecule has 0 radical (unpaired) electrons. The van der Waals surface area contributed by atoms with E-state index in [0.29, 0.717) is 30.6 Å². The molecule has 0 unspecified atom stereocenters. The number of nitrogens with zero attached hydrogens (tertiary/aromatic N) is 3. The maximum atomic E-state index is 13.7. The first-order valence-corrected chi connectivity index (χ1v) is 10.7. The zero-order valence-corrected chi connectivity index (χ0v) is 17.2. The predicted octanol–water partition coefficient (Wildman–Crippen LogP) is 5.30. The number of hydrogen-bond acceptors (Lipinski definition) is 3. The van der Waals surface area contributed by atoms with Gasteiger partial charge in [0.2, 0.25) is 0 Å². The number of halogens is 1. The molecule has 0 spiro atoms. The van der Waals surface area contributed by atoms with Gasteiger partial charge in [0.15, 0.2) is 5.69 Å². The Morgan fingerprint density at radius 3 is 2.77 bits per heavy atom. The number of thiophene rings is 1. The molecule has 5 nitrogen and oxygen atoms in total. The number of nitrogens with one attached hydrogen (secondary N) is 1. The maximum absolute atomic E-state index is 13.7. The molecule has 3 aromatic heterocycles. The number of amides is 1. The molecule has 0 fully saturated rings. The third-order valence-electron chi connectivity index (χ3n) is 5.46. The van der Waals surface area contributed by atoms with Crippen LogP contribution in [0.3, 0.4) is 0 Å². The van der Waals surface area contributed by atoms with Gasteiger partial charge in [0.25, 0.3) is 5.91 Å². The van der Waals surface area contributed by atoms with Crippen LogP contribution in [-0.2, 0) is 13.0 Å². The van der Waals surface area contributed by atoms with Gasteiger partial charge in [-0.05, 0) is 41.3 Å². The molecule has 0 saturated carbocycles. The van der Waals surface area contributed by atoms with Crippen LogP contribution in [-0.4, -0.2) is 22.0 Å². The fourth-order valence-corrected chi connectivity index (χ4v) is 4.92. The Morgan fingerprint density at radius 1 is 1.19 bits per heavy atom. The van der Waals surface area contributed by atoms with Gasteiger partial charge < -0.3 is 9.88 Å². The maximum Gasteiger partial charge on any atom is 0.253 e. The Balaban J connectivity index is 1.81. The van der Waals surface area contributed by atoms with Crippen molar-refractivity contribution >= 4 is 22.9 Å². The molecule has 1 aromatic carbocycles. The number of rotatable bonds is 4. The highest BCUT2D eigenvalue weighted by atomic mass is 32.1. The minimum atomic E-state index is -0.433. The molecule has 4 heterocycles. The summed E-state index contributed by atoms with van der Waals surface area (Å²) in [5.74, 6) is -0.527. The van der Waals surface area contributed by atoms with Crippen molar-refractivity contribution in [3.63, 3.8) is 0 Å². The van der Waals surface area contributed by atoms with E-state index in [-0.39, 0.29) is 11.6 Å². The van der Waals surface area contributed by atoms with Gasteiger partial charge in [0, 0.05) is 53.6 Å². The Bertz CT molecular complexity index is 1320. The molecule has 4 aromatic rings. The third-order valence-corrected chi connectivity index (χ3v) is 6.35. The van der Waals surface area contributed by atoms with Crippen LogP contribution in [0.4, 0.5) is 10.1 Å². The van der Waals surface area contributed by atoms with Gasteiger partial charge in [-0.15, -0.1) is 11.3 Å². The normalized spacial score (nSPS) is 12.8. The second kappa shape index (κ2) is 7.82. The highest BCUT2D eigenvalue weighted by molar-refractivity contribution is 7.13. The fourth-order valence-electron chi connectivity index (χ4n) is 4.15. The van der Waals surface area contributed by atoms with E-state index in [0.717, 1.165) is 27.4 Å². The number of carbonyl (C=O) groups excluding carboxylic acids is 1. The summed E-state index contributed by atoms with van der Waals surface area (Å²) < 4.78 is 15.8. The largest absolute Gasteiger partial charge is 0.352 e. The zero-order valence-electron chi connectivity index (χ0n) is 16.4. The lowest BCUT2D eigenvalue weighted by Crippen LogP contribution is -2.32. The first kappa shape index (κ1) is 19.2. The van der Waals surface area contributed by atoms with Gasteiger partial charge in [-0.2, -0.15) is 0 Å². The predicted molar refractivity (Wildman–Crippen MR) is 119 cm³/mol. The number of carbonyl (C=O) groups is 1. The number of hydrogen-bond donors (Lipinski definition) is 1. The smallest absolute Gasteiger partial charge is 0.253 e. The summed E-state index contributed by atoms with van der Waals surface area (Å²) in [4.78, 5) is 21.7. The lowest BCUT2D eigenvalue weighted by atomic mass is 10.00. The van der Waals surface area contributed by atoms with Crippen molar-refractivity contribution < 1.29 is 9.18 Å². The van der Waals surface area contributed by atoms with E-state index in [1.807, 2.05) is 29.6 Å². The molecule has 0 bridgehead atoms. The van der Waals surface area contributed by atoms with Crippen LogP contribution >= 0.6 is 11.3 Å². The van der Waals surface area contributed by atoms with Crippen molar-refractivity contribution in [1.29, 1.82) is 0 Å². The van der Waals surface area contributed by atoms with Crippen molar-refractivity contribution in [2.75, 3.05) is 6.54 Å². The molecule has 0 aliphatic carbocycles. The van der Waals surface area contributed by atoms with E-state index in [2.05, 4.69) is 19.7 Å². The molecule has 5 rings (SSSR count). The SMILES string of the molecule is [C-]#[N+]c1cc(F)ccc1Cn1c2c(c(-c3cccs3)c1-c1ccncc1)C(=O)NCC2. The molecule has 7 heteroatoms. The molecular formula is C24H17FN4OS. The van der Waals surface area contributed by atoms with Crippen LogP contribution in [0.15, 0.2) is 60.2 Å². The summed E-state index contributed by atoms with van der Waals surface area (Å²) in [6, 6.07) is 12.1. The number of aromatic nitrogens is 2. The molecular weight excluding hydrogens is 411 g/mol. The van der Waals surface area contributed by atoms with Crippen molar-refractivity contribution in [2.24, 2.45) is 0 Å². The molecule has 1 aliphatic heterocycles. The molecule has 1 amide bonds. The first-order valence-electron chi connectivity index (χ1n) is 9.81. The highest BCUT2D eigenvalue weighted by Crippen LogP contribution is 2.43.